The van der Waals surface area contributed by atoms with Crippen LogP contribution in [0.2, 0.25) is 5.02 Å². The zero-order chi connectivity index (χ0) is 23.0. The maximum Gasteiger partial charge on any atom is 0.343 e. The Balaban J connectivity index is 2.56. The lowest BCUT2D eigenvalue weighted by molar-refractivity contribution is -0.387. The highest BCUT2D eigenvalue weighted by Gasteiger charge is 2.26. The van der Waals surface area contributed by atoms with Crippen molar-refractivity contribution in [2.24, 2.45) is 0 Å². The van der Waals surface area contributed by atoms with Crippen molar-refractivity contribution in [1.82, 2.24) is 4.57 Å². The average Bonchev–Trinajstić information content (AvgIpc) is 2.72. The van der Waals surface area contributed by atoms with Gasteiger partial charge in [0.25, 0.3) is 0 Å². The smallest absolute Gasteiger partial charge is 0.343 e. The molecule has 0 N–H and O–H groups in total. The van der Waals surface area contributed by atoms with Crippen LogP contribution in [0.1, 0.15) is 17.3 Å². The Morgan fingerprint density at radius 3 is 2.48 bits per heavy atom. The van der Waals surface area contributed by atoms with Gasteiger partial charge in [0, 0.05) is 18.3 Å². The number of hydrogen-bond donors (Lipinski definition) is 0. The van der Waals surface area contributed by atoms with Crippen LogP contribution in [-0.4, -0.2) is 29.2 Å². The zero-order valence-corrected chi connectivity index (χ0v) is 16.6. The second-order valence-electron chi connectivity index (χ2n) is 6.08. The standard InChI is InChI=1S/C19H12ClF3N2O6/c1-3-31-19(27)9-7-24(13-6-12(25(28)29)10(21)5-14(13)30-2)17-8(18(9)26)4-11(22)16(23)15(17)20/h4-7H,3H2,1-2H3. The summed E-state index contributed by atoms with van der Waals surface area (Å²) < 4.78 is 53.0. The first-order valence-corrected chi connectivity index (χ1v) is 8.92. The molecule has 0 atom stereocenters. The van der Waals surface area contributed by atoms with Crippen LogP contribution in [0.5, 0.6) is 5.75 Å². The molecule has 0 saturated carbocycles. The van der Waals surface area contributed by atoms with E-state index in [1.807, 2.05) is 0 Å². The summed E-state index contributed by atoms with van der Waals surface area (Å²) in [6.45, 7) is 1.38. The number of carbonyl (C=O) groups is 1. The van der Waals surface area contributed by atoms with Gasteiger partial charge >= 0.3 is 11.7 Å². The molecule has 0 saturated heterocycles. The van der Waals surface area contributed by atoms with E-state index in [0.29, 0.717) is 12.1 Å². The van der Waals surface area contributed by atoms with Crippen molar-refractivity contribution in [2.75, 3.05) is 13.7 Å². The molecule has 0 aliphatic heterocycles. The number of esters is 1. The first-order chi connectivity index (χ1) is 14.6. The van der Waals surface area contributed by atoms with Crippen molar-refractivity contribution >= 4 is 34.2 Å². The third-order valence-corrected chi connectivity index (χ3v) is 4.67. The number of nitro benzene ring substituents is 1. The molecule has 1 heterocycles. The minimum absolute atomic E-state index is 0.0970. The van der Waals surface area contributed by atoms with Crippen molar-refractivity contribution < 1.29 is 32.4 Å². The molecule has 0 aliphatic carbocycles. The lowest BCUT2D eigenvalue weighted by Crippen LogP contribution is -2.21. The normalized spacial score (nSPS) is 10.9. The largest absolute Gasteiger partial charge is 0.494 e. The molecule has 0 fully saturated rings. The molecule has 3 aromatic rings. The van der Waals surface area contributed by atoms with Crippen molar-refractivity contribution in [3.8, 4) is 11.4 Å². The number of nitro groups is 1. The number of pyridine rings is 1. The summed E-state index contributed by atoms with van der Waals surface area (Å²) in [5.41, 5.74) is -3.26. The number of aromatic nitrogens is 1. The lowest BCUT2D eigenvalue weighted by Gasteiger charge is -2.17. The summed E-state index contributed by atoms with van der Waals surface area (Å²) >= 11 is 5.94. The van der Waals surface area contributed by atoms with Gasteiger partial charge in [-0.2, -0.15) is 4.39 Å². The average molecular weight is 457 g/mol. The minimum atomic E-state index is -1.50. The van der Waals surface area contributed by atoms with Gasteiger partial charge in [0.05, 0.1) is 35.2 Å². The molecule has 0 unspecified atom stereocenters. The van der Waals surface area contributed by atoms with Gasteiger partial charge in [-0.05, 0) is 13.0 Å². The molecule has 0 bridgehead atoms. The topological polar surface area (TPSA) is 101 Å². The van der Waals surface area contributed by atoms with Gasteiger partial charge in [0.2, 0.25) is 11.2 Å². The second-order valence-corrected chi connectivity index (χ2v) is 6.46. The summed E-state index contributed by atoms with van der Waals surface area (Å²) in [6.07, 6.45) is 0.880. The Bertz CT molecular complexity index is 1310. The fourth-order valence-electron chi connectivity index (χ4n) is 2.96. The third-order valence-electron chi connectivity index (χ3n) is 4.32. The van der Waals surface area contributed by atoms with Crippen LogP contribution in [-0.2, 0) is 4.74 Å². The Kier molecular flexibility index (Phi) is 5.89. The number of methoxy groups -OCH3 is 1. The van der Waals surface area contributed by atoms with E-state index in [0.717, 1.165) is 23.9 Å². The van der Waals surface area contributed by atoms with Gasteiger partial charge in [-0.15, -0.1) is 0 Å². The summed E-state index contributed by atoms with van der Waals surface area (Å²) in [6, 6.07) is 1.96. The number of hydrogen-bond acceptors (Lipinski definition) is 6. The quantitative estimate of drug-likeness (QED) is 0.247. The van der Waals surface area contributed by atoms with Gasteiger partial charge in [-0.25, -0.2) is 13.6 Å². The molecule has 3 rings (SSSR count). The van der Waals surface area contributed by atoms with Gasteiger partial charge in [0.15, 0.2) is 11.6 Å². The number of rotatable bonds is 5. The van der Waals surface area contributed by atoms with E-state index >= 15 is 0 Å². The van der Waals surface area contributed by atoms with Gasteiger partial charge < -0.3 is 14.0 Å². The van der Waals surface area contributed by atoms with Crippen LogP contribution >= 0.6 is 11.6 Å². The summed E-state index contributed by atoms with van der Waals surface area (Å²) in [7, 11) is 1.13. The molecule has 0 radical (unpaired) electrons. The van der Waals surface area contributed by atoms with Gasteiger partial charge in [-0.1, -0.05) is 11.6 Å². The maximum atomic E-state index is 14.2. The Morgan fingerprint density at radius 2 is 1.90 bits per heavy atom. The van der Waals surface area contributed by atoms with Crippen LogP contribution in [0.25, 0.3) is 16.6 Å². The summed E-state index contributed by atoms with van der Waals surface area (Å²) in [5.74, 6) is -5.55. The van der Waals surface area contributed by atoms with Crippen LogP contribution in [0.4, 0.5) is 18.9 Å². The van der Waals surface area contributed by atoms with E-state index in [2.05, 4.69) is 0 Å². The molecule has 8 nitrogen and oxygen atoms in total. The number of carbonyl (C=O) groups excluding carboxylic acids is 1. The zero-order valence-electron chi connectivity index (χ0n) is 15.9. The van der Waals surface area contributed by atoms with E-state index in [1.165, 1.54) is 6.92 Å². The van der Waals surface area contributed by atoms with Crippen LogP contribution in [0.15, 0.2) is 29.2 Å². The second kappa shape index (κ2) is 8.26. The molecule has 1 aromatic heterocycles. The van der Waals surface area contributed by atoms with Crippen LogP contribution in [0, 0.1) is 27.6 Å². The van der Waals surface area contributed by atoms with Crippen molar-refractivity contribution in [2.45, 2.75) is 6.92 Å². The molecule has 12 heteroatoms. The number of nitrogens with zero attached hydrogens (tertiary/aromatic N) is 2. The molecule has 31 heavy (non-hydrogen) atoms. The highest BCUT2D eigenvalue weighted by atomic mass is 35.5. The number of halogens is 4. The summed E-state index contributed by atoms with van der Waals surface area (Å²) in [5, 5.41) is 9.86. The molecule has 0 spiro atoms. The summed E-state index contributed by atoms with van der Waals surface area (Å²) in [4.78, 5) is 35.2. The van der Waals surface area contributed by atoms with E-state index in [-0.39, 0.29) is 18.0 Å². The first-order valence-electron chi connectivity index (χ1n) is 8.54. The Labute approximate surface area is 176 Å². The van der Waals surface area contributed by atoms with Crippen molar-refractivity contribution in [1.29, 1.82) is 0 Å². The molecule has 162 valence electrons. The first kappa shape index (κ1) is 22.1. The van der Waals surface area contributed by atoms with E-state index in [1.54, 1.807) is 0 Å². The van der Waals surface area contributed by atoms with E-state index in [9.17, 15) is 32.9 Å². The lowest BCUT2D eigenvalue weighted by atomic mass is 10.1. The van der Waals surface area contributed by atoms with Crippen molar-refractivity contribution in [3.05, 3.63) is 72.8 Å². The SMILES string of the molecule is CCOC(=O)c1cn(-c2cc([N+](=O)[O-])c(F)cc2OC)c2c(Cl)c(F)c(F)cc2c1=O. The predicted octanol–water partition coefficient (Wildman–Crippen LogP) is 4.15. The monoisotopic (exact) mass is 456 g/mol. The molecular formula is C19H12ClF3N2O6. The Hall–Kier alpha value is -3.60. The van der Waals surface area contributed by atoms with Crippen LogP contribution < -0.4 is 10.2 Å². The van der Waals surface area contributed by atoms with E-state index in [4.69, 9.17) is 21.1 Å². The van der Waals surface area contributed by atoms with Gasteiger partial charge in [0.1, 0.15) is 16.3 Å². The molecular weight excluding hydrogens is 445 g/mol. The fourth-order valence-corrected chi connectivity index (χ4v) is 3.24. The molecule has 0 aliphatic rings. The highest BCUT2D eigenvalue weighted by molar-refractivity contribution is 6.35. The maximum absolute atomic E-state index is 14.2. The Morgan fingerprint density at radius 1 is 1.23 bits per heavy atom. The number of fused-ring (bicyclic) bond motifs is 1. The predicted molar refractivity (Wildman–Crippen MR) is 104 cm³/mol. The third kappa shape index (κ3) is 3.67. The van der Waals surface area contributed by atoms with Crippen LogP contribution in [0.3, 0.4) is 0 Å². The van der Waals surface area contributed by atoms with E-state index < -0.39 is 60.9 Å². The molecule has 0 amide bonds. The number of ether oxygens (including phenoxy) is 2. The van der Waals surface area contributed by atoms with Crippen molar-refractivity contribution in [3.63, 3.8) is 0 Å². The molecule has 2 aromatic carbocycles. The fraction of sp³-hybridized carbons (Fsp3) is 0.158. The number of benzene rings is 2. The highest BCUT2D eigenvalue weighted by Crippen LogP contribution is 2.35. The van der Waals surface area contributed by atoms with Gasteiger partial charge in [-0.3, -0.25) is 14.9 Å². The minimum Gasteiger partial charge on any atom is -0.494 e.